The highest BCUT2D eigenvalue weighted by Gasteiger charge is 2.38. The van der Waals surface area contributed by atoms with Crippen molar-refractivity contribution >= 4 is 18.0 Å². The zero-order valence-corrected chi connectivity index (χ0v) is 14.7. The molecule has 1 saturated heterocycles. The van der Waals surface area contributed by atoms with E-state index in [1.807, 2.05) is 6.07 Å². The molecule has 1 heterocycles. The van der Waals surface area contributed by atoms with Gasteiger partial charge in [0.15, 0.2) is 0 Å². The second-order valence-corrected chi connectivity index (χ2v) is 7.04. The van der Waals surface area contributed by atoms with Crippen LogP contribution in [-0.4, -0.2) is 46.2 Å². The number of hydrogen-bond donors (Lipinski definition) is 2. The van der Waals surface area contributed by atoms with E-state index in [-0.39, 0.29) is 12.3 Å². The Labute approximate surface area is 147 Å². The number of carbonyl (C=O) groups excluding carboxylic acids is 2. The second kappa shape index (κ2) is 7.55. The van der Waals surface area contributed by atoms with Crippen molar-refractivity contribution in [2.75, 3.05) is 6.54 Å². The lowest BCUT2D eigenvalue weighted by molar-refractivity contribution is -0.140. The first-order chi connectivity index (χ1) is 11.7. The van der Waals surface area contributed by atoms with Crippen LogP contribution in [0.4, 0.5) is 4.79 Å². The molecule has 136 valence electrons. The summed E-state index contributed by atoms with van der Waals surface area (Å²) in [7, 11) is 0. The first-order valence-electron chi connectivity index (χ1n) is 8.24. The van der Waals surface area contributed by atoms with E-state index in [1.165, 1.54) is 4.90 Å². The van der Waals surface area contributed by atoms with Gasteiger partial charge < -0.3 is 20.1 Å². The number of carboxylic acid groups (broad SMARTS) is 1. The SMILES string of the molecule is CC(C)(C)OC(=O)NC1CCN(C(CC(=O)O)c2ccccc2)C1=O. The molecule has 0 spiro atoms. The van der Waals surface area contributed by atoms with E-state index in [2.05, 4.69) is 5.32 Å². The summed E-state index contributed by atoms with van der Waals surface area (Å²) in [5.74, 6) is -1.27. The molecule has 2 amide bonds. The van der Waals surface area contributed by atoms with Gasteiger partial charge in [-0.2, -0.15) is 0 Å². The van der Waals surface area contributed by atoms with E-state index in [4.69, 9.17) is 4.74 Å². The lowest BCUT2D eigenvalue weighted by Crippen LogP contribution is -2.44. The third kappa shape index (κ3) is 5.20. The van der Waals surface area contributed by atoms with E-state index in [0.717, 1.165) is 5.56 Å². The summed E-state index contributed by atoms with van der Waals surface area (Å²) in [6.45, 7) is 5.61. The molecule has 0 saturated carbocycles. The molecular formula is C18H24N2O5. The monoisotopic (exact) mass is 348 g/mol. The first-order valence-corrected chi connectivity index (χ1v) is 8.24. The zero-order valence-electron chi connectivity index (χ0n) is 14.7. The Morgan fingerprint density at radius 1 is 1.32 bits per heavy atom. The van der Waals surface area contributed by atoms with Crippen LogP contribution in [0.1, 0.15) is 45.2 Å². The minimum absolute atomic E-state index is 0.186. The Hall–Kier alpha value is -2.57. The average molecular weight is 348 g/mol. The maximum absolute atomic E-state index is 12.7. The quantitative estimate of drug-likeness (QED) is 0.851. The van der Waals surface area contributed by atoms with Gasteiger partial charge in [-0.15, -0.1) is 0 Å². The molecule has 1 aliphatic rings. The number of alkyl carbamates (subject to hydrolysis) is 1. The molecule has 0 aromatic heterocycles. The molecule has 1 fully saturated rings. The number of rotatable bonds is 5. The fourth-order valence-electron chi connectivity index (χ4n) is 2.84. The molecule has 1 aromatic carbocycles. The highest BCUT2D eigenvalue weighted by Crippen LogP contribution is 2.29. The molecule has 1 aromatic rings. The molecule has 2 rings (SSSR count). The fraction of sp³-hybridized carbons (Fsp3) is 0.500. The van der Waals surface area contributed by atoms with Gasteiger partial charge in [0.2, 0.25) is 5.91 Å². The summed E-state index contributed by atoms with van der Waals surface area (Å²) in [6.07, 6.45) is -0.419. The van der Waals surface area contributed by atoms with Crippen molar-refractivity contribution in [3.63, 3.8) is 0 Å². The standard InChI is InChI=1S/C18H24N2O5/c1-18(2,3)25-17(24)19-13-9-10-20(16(13)23)14(11-15(21)22)12-7-5-4-6-8-12/h4-8,13-14H,9-11H2,1-3H3,(H,19,24)(H,21,22). The molecule has 2 atom stereocenters. The van der Waals surface area contributed by atoms with Gasteiger partial charge in [-0.3, -0.25) is 9.59 Å². The lowest BCUT2D eigenvalue weighted by atomic mass is 10.0. The van der Waals surface area contributed by atoms with Gasteiger partial charge in [0.05, 0.1) is 12.5 Å². The van der Waals surface area contributed by atoms with Crippen molar-refractivity contribution in [2.24, 2.45) is 0 Å². The Morgan fingerprint density at radius 3 is 2.52 bits per heavy atom. The Morgan fingerprint density at radius 2 is 1.96 bits per heavy atom. The third-order valence-electron chi connectivity index (χ3n) is 3.86. The summed E-state index contributed by atoms with van der Waals surface area (Å²) in [6, 6.07) is 7.79. The van der Waals surface area contributed by atoms with Crippen LogP contribution in [0.3, 0.4) is 0 Å². The van der Waals surface area contributed by atoms with E-state index >= 15 is 0 Å². The number of hydrogen-bond acceptors (Lipinski definition) is 4. The summed E-state index contributed by atoms with van der Waals surface area (Å²) < 4.78 is 5.18. The van der Waals surface area contributed by atoms with Crippen LogP contribution in [0.2, 0.25) is 0 Å². The number of carbonyl (C=O) groups is 3. The van der Waals surface area contributed by atoms with Gasteiger partial charge in [0, 0.05) is 6.54 Å². The van der Waals surface area contributed by atoms with Crippen molar-refractivity contribution in [1.82, 2.24) is 10.2 Å². The molecule has 7 heteroatoms. The van der Waals surface area contributed by atoms with Gasteiger partial charge in [-0.1, -0.05) is 30.3 Å². The number of ether oxygens (including phenoxy) is 1. The maximum atomic E-state index is 12.7. The average Bonchev–Trinajstić information content (AvgIpc) is 2.84. The van der Waals surface area contributed by atoms with Crippen molar-refractivity contribution in [3.05, 3.63) is 35.9 Å². The number of likely N-dealkylation sites (tertiary alicyclic amines) is 1. The molecule has 1 aliphatic heterocycles. The van der Waals surface area contributed by atoms with E-state index in [0.29, 0.717) is 13.0 Å². The van der Waals surface area contributed by atoms with Crippen LogP contribution >= 0.6 is 0 Å². The first kappa shape index (κ1) is 18.8. The van der Waals surface area contributed by atoms with Crippen molar-refractivity contribution in [3.8, 4) is 0 Å². The molecule has 0 bridgehead atoms. The second-order valence-electron chi connectivity index (χ2n) is 7.04. The predicted molar refractivity (Wildman–Crippen MR) is 90.9 cm³/mol. The molecule has 0 radical (unpaired) electrons. The van der Waals surface area contributed by atoms with Gasteiger partial charge in [0.25, 0.3) is 0 Å². The van der Waals surface area contributed by atoms with Gasteiger partial charge >= 0.3 is 12.1 Å². The van der Waals surface area contributed by atoms with Crippen LogP contribution in [0.5, 0.6) is 0 Å². The molecule has 7 nitrogen and oxygen atoms in total. The van der Waals surface area contributed by atoms with Gasteiger partial charge in [0.1, 0.15) is 11.6 Å². The summed E-state index contributed by atoms with van der Waals surface area (Å²) in [5.41, 5.74) is 0.109. The summed E-state index contributed by atoms with van der Waals surface area (Å²) in [5, 5.41) is 11.8. The highest BCUT2D eigenvalue weighted by molar-refractivity contribution is 5.88. The van der Waals surface area contributed by atoms with Gasteiger partial charge in [-0.05, 0) is 32.8 Å². The largest absolute Gasteiger partial charge is 0.481 e. The molecule has 2 N–H and O–H groups in total. The molecule has 2 unspecified atom stereocenters. The number of nitrogens with one attached hydrogen (secondary N) is 1. The lowest BCUT2D eigenvalue weighted by Gasteiger charge is -2.27. The van der Waals surface area contributed by atoms with Crippen LogP contribution in [-0.2, 0) is 14.3 Å². The Balaban J connectivity index is 2.10. The summed E-state index contributed by atoms with van der Waals surface area (Å²) >= 11 is 0. The van der Waals surface area contributed by atoms with E-state index in [1.54, 1.807) is 45.0 Å². The Bertz CT molecular complexity index is 639. The number of aliphatic carboxylic acids is 1. The zero-order chi connectivity index (χ0) is 18.6. The number of carboxylic acids is 1. The van der Waals surface area contributed by atoms with Crippen molar-refractivity contribution < 1.29 is 24.2 Å². The minimum atomic E-state index is -0.981. The molecular weight excluding hydrogens is 324 g/mol. The highest BCUT2D eigenvalue weighted by atomic mass is 16.6. The Kier molecular flexibility index (Phi) is 5.66. The van der Waals surface area contributed by atoms with Crippen molar-refractivity contribution in [1.29, 1.82) is 0 Å². The van der Waals surface area contributed by atoms with E-state index in [9.17, 15) is 19.5 Å². The normalized spacial score (nSPS) is 18.8. The van der Waals surface area contributed by atoms with Crippen LogP contribution in [0, 0.1) is 0 Å². The number of amides is 2. The molecule has 25 heavy (non-hydrogen) atoms. The number of benzene rings is 1. The van der Waals surface area contributed by atoms with Gasteiger partial charge in [-0.25, -0.2) is 4.79 Å². The summed E-state index contributed by atoms with van der Waals surface area (Å²) in [4.78, 5) is 37.3. The molecule has 0 aliphatic carbocycles. The third-order valence-corrected chi connectivity index (χ3v) is 3.86. The van der Waals surface area contributed by atoms with Crippen LogP contribution in [0.15, 0.2) is 30.3 Å². The van der Waals surface area contributed by atoms with E-state index < -0.39 is 29.7 Å². The predicted octanol–water partition coefficient (Wildman–Crippen LogP) is 2.33. The maximum Gasteiger partial charge on any atom is 0.408 e. The van der Waals surface area contributed by atoms with Crippen molar-refractivity contribution in [2.45, 2.75) is 51.3 Å². The van der Waals surface area contributed by atoms with Crippen LogP contribution < -0.4 is 5.32 Å². The minimum Gasteiger partial charge on any atom is -0.481 e. The van der Waals surface area contributed by atoms with Crippen LogP contribution in [0.25, 0.3) is 0 Å². The number of nitrogens with zero attached hydrogens (tertiary/aromatic N) is 1. The smallest absolute Gasteiger partial charge is 0.408 e. The topological polar surface area (TPSA) is 95.9 Å². The fourth-order valence-corrected chi connectivity index (χ4v) is 2.84.